The van der Waals surface area contributed by atoms with Gasteiger partial charge in [0.15, 0.2) is 0 Å². The van der Waals surface area contributed by atoms with Crippen molar-refractivity contribution in [1.82, 2.24) is 19.7 Å². The molecule has 1 aromatic carbocycles. The molecule has 286 valence electrons. The van der Waals surface area contributed by atoms with Crippen LogP contribution in [0.2, 0.25) is 0 Å². The van der Waals surface area contributed by atoms with Gasteiger partial charge in [0.2, 0.25) is 5.91 Å². The van der Waals surface area contributed by atoms with Crippen LogP contribution >= 0.6 is 0 Å². The molecule has 5 aliphatic rings. The number of aryl methyl sites for hydroxylation is 1. The van der Waals surface area contributed by atoms with Crippen molar-refractivity contribution in [2.24, 2.45) is 11.3 Å². The summed E-state index contributed by atoms with van der Waals surface area (Å²) in [5, 5.41) is 14.8. The van der Waals surface area contributed by atoms with Gasteiger partial charge in [-0.1, -0.05) is 26.0 Å². The number of hydrogen-bond acceptors (Lipinski definition) is 7. The van der Waals surface area contributed by atoms with E-state index in [1.807, 2.05) is 23.4 Å². The van der Waals surface area contributed by atoms with Gasteiger partial charge in [-0.05, 0) is 144 Å². The van der Waals surface area contributed by atoms with Crippen LogP contribution in [0.3, 0.4) is 0 Å². The summed E-state index contributed by atoms with van der Waals surface area (Å²) < 4.78 is 13.5. The summed E-state index contributed by atoms with van der Waals surface area (Å²) in [7, 11) is 1.73. The third-order valence-corrected chi connectivity index (χ3v) is 13.8. The molecule has 1 N–H and O–H groups in total. The van der Waals surface area contributed by atoms with Gasteiger partial charge in [-0.2, -0.15) is 5.10 Å². The first-order valence-electron chi connectivity index (χ1n) is 20.0. The van der Waals surface area contributed by atoms with E-state index in [4.69, 9.17) is 19.6 Å². The number of anilines is 1. The zero-order valence-corrected chi connectivity index (χ0v) is 32.7. The second kappa shape index (κ2) is 14.4. The Balaban J connectivity index is 1.10. The van der Waals surface area contributed by atoms with Crippen LogP contribution in [0.5, 0.6) is 5.75 Å². The van der Waals surface area contributed by atoms with Crippen molar-refractivity contribution in [3.05, 3.63) is 60.0 Å². The highest BCUT2D eigenvalue weighted by Crippen LogP contribution is 2.58. The molecule has 1 aliphatic heterocycles. The molecular formula is C43H59N5O5. The quantitative estimate of drug-likeness (QED) is 0.212. The molecule has 8 rings (SSSR count). The number of fused-ring (bicyclic) bond motifs is 3. The van der Waals surface area contributed by atoms with Crippen LogP contribution in [-0.2, 0) is 20.5 Å². The molecule has 3 heterocycles. The molecule has 0 spiro atoms. The Kier molecular flexibility index (Phi) is 10.1. The van der Waals surface area contributed by atoms with Crippen LogP contribution in [0.25, 0.3) is 11.1 Å². The van der Waals surface area contributed by atoms with Gasteiger partial charge in [0.25, 0.3) is 0 Å². The van der Waals surface area contributed by atoms with Crippen LogP contribution < -0.4 is 9.64 Å². The van der Waals surface area contributed by atoms with Crippen LogP contribution in [-0.4, -0.2) is 75.2 Å². The molecule has 10 heteroatoms. The zero-order chi connectivity index (χ0) is 37.6. The maximum Gasteiger partial charge on any atom is 0.410 e. The lowest BCUT2D eigenvalue weighted by molar-refractivity contribution is -0.125. The van der Waals surface area contributed by atoms with E-state index >= 15 is 0 Å². The fraction of sp³-hybridized carbons (Fsp3) is 0.628. The average Bonchev–Trinajstić information content (AvgIpc) is 3.68. The predicted molar refractivity (Wildman–Crippen MR) is 206 cm³/mol. The van der Waals surface area contributed by atoms with Crippen molar-refractivity contribution in [3.63, 3.8) is 0 Å². The molecule has 2 bridgehead atoms. The minimum absolute atomic E-state index is 0.0384. The van der Waals surface area contributed by atoms with E-state index in [0.717, 1.165) is 68.2 Å². The summed E-state index contributed by atoms with van der Waals surface area (Å²) in [5.74, 6) is 1.60. The maximum atomic E-state index is 14.8. The summed E-state index contributed by atoms with van der Waals surface area (Å²) in [4.78, 5) is 35.9. The van der Waals surface area contributed by atoms with Crippen LogP contribution in [0.1, 0.15) is 116 Å². The molecule has 0 atom stereocenters. The van der Waals surface area contributed by atoms with Gasteiger partial charge in [0.05, 0.1) is 37.5 Å². The lowest BCUT2D eigenvalue weighted by atomic mass is 9.51. The van der Waals surface area contributed by atoms with Crippen LogP contribution in [0.4, 0.5) is 10.6 Å². The Hall–Kier alpha value is -3.92. The SMILES string of the molecule is CCC(C)(CC)n1cc(-c2ccnc(N(CC34CCC(c5ccc(OC)c(C)c5)(CC3)CC4)C(=O)[C@H]3CC[C@H](OC(=O)N4CC(C)(O)C4)CC3)c2)cn1. The number of hydrogen-bond donors (Lipinski definition) is 1. The number of methoxy groups -OCH3 is 1. The molecule has 4 aliphatic carbocycles. The van der Waals surface area contributed by atoms with Gasteiger partial charge < -0.3 is 19.5 Å². The van der Waals surface area contributed by atoms with E-state index in [9.17, 15) is 14.7 Å². The second-order valence-electron chi connectivity index (χ2n) is 17.4. The molecule has 10 nitrogen and oxygen atoms in total. The Morgan fingerprint density at radius 1 is 0.981 bits per heavy atom. The predicted octanol–water partition coefficient (Wildman–Crippen LogP) is 8.18. The Labute approximate surface area is 315 Å². The number of likely N-dealkylation sites (tertiary alicyclic amines) is 1. The summed E-state index contributed by atoms with van der Waals surface area (Å²) >= 11 is 0. The van der Waals surface area contributed by atoms with Gasteiger partial charge in [0, 0.05) is 30.4 Å². The number of aliphatic hydroxyl groups is 1. The van der Waals surface area contributed by atoms with E-state index in [1.54, 1.807) is 18.9 Å². The number of benzene rings is 1. The highest BCUT2D eigenvalue weighted by atomic mass is 16.6. The van der Waals surface area contributed by atoms with Gasteiger partial charge in [-0.25, -0.2) is 9.78 Å². The monoisotopic (exact) mass is 725 g/mol. The molecule has 2 amide bonds. The lowest BCUT2D eigenvalue weighted by Crippen LogP contribution is -2.62. The smallest absolute Gasteiger partial charge is 0.410 e. The van der Waals surface area contributed by atoms with E-state index in [-0.39, 0.29) is 40.4 Å². The normalized spacial score (nSPS) is 26.5. The highest BCUT2D eigenvalue weighted by molar-refractivity contribution is 5.95. The number of aromatic nitrogens is 3. The molecular weight excluding hydrogens is 667 g/mol. The number of β-amino-alcohol motifs (C(OH)–C–C–N with tert-alkyl or cyclic N) is 1. The van der Waals surface area contributed by atoms with Crippen molar-refractivity contribution in [3.8, 4) is 16.9 Å². The first-order chi connectivity index (χ1) is 25.3. The van der Waals surface area contributed by atoms with Crippen LogP contribution in [0, 0.1) is 18.3 Å². The number of rotatable bonds is 11. The van der Waals surface area contributed by atoms with Crippen molar-refractivity contribution in [2.45, 2.75) is 134 Å². The minimum Gasteiger partial charge on any atom is -0.496 e. The van der Waals surface area contributed by atoms with Crippen molar-refractivity contribution < 1.29 is 24.2 Å². The lowest BCUT2D eigenvalue weighted by Gasteiger charge is -2.55. The highest BCUT2D eigenvalue weighted by Gasteiger charge is 2.51. The van der Waals surface area contributed by atoms with Gasteiger partial charge in [0.1, 0.15) is 17.7 Å². The topological polar surface area (TPSA) is 110 Å². The van der Waals surface area contributed by atoms with Crippen LogP contribution in [0.15, 0.2) is 48.9 Å². The fourth-order valence-corrected chi connectivity index (χ4v) is 9.61. The van der Waals surface area contributed by atoms with Crippen molar-refractivity contribution >= 4 is 17.8 Å². The third kappa shape index (κ3) is 7.32. The Bertz CT molecular complexity index is 1770. The third-order valence-electron chi connectivity index (χ3n) is 13.8. The van der Waals surface area contributed by atoms with E-state index in [0.29, 0.717) is 51.1 Å². The number of ether oxygens (including phenoxy) is 2. The maximum absolute atomic E-state index is 14.8. The number of amides is 2. The molecule has 1 saturated heterocycles. The van der Waals surface area contributed by atoms with Crippen molar-refractivity contribution in [1.29, 1.82) is 0 Å². The van der Waals surface area contributed by atoms with Gasteiger partial charge in [-0.3, -0.25) is 14.4 Å². The van der Waals surface area contributed by atoms with E-state index in [2.05, 4.69) is 62.8 Å². The van der Waals surface area contributed by atoms with E-state index in [1.165, 1.54) is 11.1 Å². The molecule has 53 heavy (non-hydrogen) atoms. The average molecular weight is 726 g/mol. The first-order valence-corrected chi connectivity index (χ1v) is 20.0. The Morgan fingerprint density at radius 3 is 2.26 bits per heavy atom. The fourth-order valence-electron chi connectivity index (χ4n) is 9.61. The molecule has 0 radical (unpaired) electrons. The second-order valence-corrected chi connectivity index (χ2v) is 17.4. The summed E-state index contributed by atoms with van der Waals surface area (Å²) in [6.07, 6.45) is 16.5. The first kappa shape index (κ1) is 37.4. The number of nitrogens with zero attached hydrogens (tertiary/aromatic N) is 5. The largest absolute Gasteiger partial charge is 0.496 e. The molecule has 3 aromatic rings. The minimum atomic E-state index is -0.837. The number of carbonyl (C=O) groups excluding carboxylic acids is 2. The summed E-state index contributed by atoms with van der Waals surface area (Å²) in [6.45, 7) is 11.7. The standard InChI is InChI=1S/C43H59N5O5/c1-7-40(4,8-2)48-26-33(25-45-48)32-15-22-44-37(24-32)47(38(49)31-9-12-35(13-10-31)53-39(50)46-27-41(5,51)28-46)29-42-16-19-43(20-17-42,21-18-42)34-11-14-36(52-6)30(3)23-34/h11,14-15,22-26,31,35,51H,7-10,12-13,16-21,27-29H2,1-6H3/t31-,35-,42?,43?. The van der Waals surface area contributed by atoms with Gasteiger partial charge in [-0.15, -0.1) is 0 Å². The molecule has 2 aromatic heterocycles. The zero-order valence-electron chi connectivity index (χ0n) is 32.7. The number of pyridine rings is 1. The summed E-state index contributed by atoms with van der Waals surface area (Å²) in [6, 6.07) is 10.8. The number of carbonyl (C=O) groups is 2. The molecule has 0 unspecified atom stereocenters. The Morgan fingerprint density at radius 2 is 1.66 bits per heavy atom. The van der Waals surface area contributed by atoms with Gasteiger partial charge >= 0.3 is 6.09 Å². The van der Waals surface area contributed by atoms with E-state index < -0.39 is 5.60 Å². The molecule has 4 saturated carbocycles. The molecule has 5 fully saturated rings. The summed E-state index contributed by atoms with van der Waals surface area (Å²) in [5.41, 5.74) is 3.96. The van der Waals surface area contributed by atoms with Crippen molar-refractivity contribution in [2.75, 3.05) is 31.6 Å².